The zero-order valence-electron chi connectivity index (χ0n) is 6.88. The van der Waals surface area contributed by atoms with Crippen LogP contribution in [-0.2, 0) is 4.74 Å². The lowest BCUT2D eigenvalue weighted by atomic mass is 10.1. The molecule has 0 aromatic rings. The minimum Gasteiger partial charge on any atom is -0.378 e. The molecule has 0 saturated carbocycles. The van der Waals surface area contributed by atoms with Crippen LogP contribution in [0.5, 0.6) is 0 Å². The SMILES string of the molecule is CC1CC(NC2COC2)CS1. The first-order valence-electron chi connectivity index (χ1n) is 4.30. The number of hydrogen-bond acceptors (Lipinski definition) is 3. The number of rotatable bonds is 2. The normalized spacial score (nSPS) is 39.0. The fourth-order valence-electron chi connectivity index (χ4n) is 1.60. The molecule has 0 spiro atoms. The Morgan fingerprint density at radius 1 is 1.36 bits per heavy atom. The molecule has 2 rings (SSSR count). The van der Waals surface area contributed by atoms with Gasteiger partial charge in [0.15, 0.2) is 0 Å². The summed E-state index contributed by atoms with van der Waals surface area (Å²) in [6.07, 6.45) is 1.33. The van der Waals surface area contributed by atoms with Crippen molar-refractivity contribution in [2.24, 2.45) is 0 Å². The second-order valence-electron chi connectivity index (χ2n) is 3.48. The highest BCUT2D eigenvalue weighted by molar-refractivity contribution is 8.00. The number of nitrogens with one attached hydrogen (secondary N) is 1. The Labute approximate surface area is 72.1 Å². The van der Waals surface area contributed by atoms with Gasteiger partial charge in [0.2, 0.25) is 0 Å². The molecule has 2 fully saturated rings. The van der Waals surface area contributed by atoms with E-state index >= 15 is 0 Å². The van der Waals surface area contributed by atoms with E-state index in [4.69, 9.17) is 4.74 Å². The van der Waals surface area contributed by atoms with Crippen molar-refractivity contribution in [2.75, 3.05) is 19.0 Å². The molecule has 0 aliphatic carbocycles. The minimum atomic E-state index is 0.658. The third-order valence-electron chi connectivity index (χ3n) is 2.31. The smallest absolute Gasteiger partial charge is 0.0643 e. The van der Waals surface area contributed by atoms with E-state index in [0.717, 1.165) is 24.5 Å². The molecule has 64 valence electrons. The molecule has 11 heavy (non-hydrogen) atoms. The highest BCUT2D eigenvalue weighted by atomic mass is 32.2. The molecule has 0 amide bonds. The largest absolute Gasteiger partial charge is 0.378 e. The first-order chi connectivity index (χ1) is 5.34. The zero-order valence-corrected chi connectivity index (χ0v) is 7.69. The standard InChI is InChI=1S/C8H15NOS/c1-6-2-7(5-11-6)9-8-3-10-4-8/h6-9H,2-5H2,1H3. The van der Waals surface area contributed by atoms with Crippen molar-refractivity contribution in [3.63, 3.8) is 0 Å². The Bertz CT molecular complexity index is 138. The summed E-state index contributed by atoms with van der Waals surface area (Å²) in [6.45, 7) is 4.16. The third-order valence-corrected chi connectivity index (χ3v) is 3.66. The highest BCUT2D eigenvalue weighted by Gasteiger charge is 2.26. The molecule has 3 heteroatoms. The van der Waals surface area contributed by atoms with Crippen LogP contribution in [0, 0.1) is 0 Å². The van der Waals surface area contributed by atoms with Gasteiger partial charge in [-0.1, -0.05) is 6.92 Å². The van der Waals surface area contributed by atoms with Gasteiger partial charge in [-0.25, -0.2) is 0 Å². The van der Waals surface area contributed by atoms with E-state index < -0.39 is 0 Å². The van der Waals surface area contributed by atoms with Crippen molar-refractivity contribution in [3.8, 4) is 0 Å². The summed E-state index contributed by atoms with van der Waals surface area (Å²) in [4.78, 5) is 0. The fourth-order valence-corrected chi connectivity index (χ4v) is 2.76. The van der Waals surface area contributed by atoms with Crippen molar-refractivity contribution in [3.05, 3.63) is 0 Å². The molecule has 2 unspecified atom stereocenters. The summed E-state index contributed by atoms with van der Waals surface area (Å²) in [7, 11) is 0. The average molecular weight is 173 g/mol. The summed E-state index contributed by atoms with van der Waals surface area (Å²) in [5.41, 5.74) is 0. The molecule has 0 aromatic carbocycles. The van der Waals surface area contributed by atoms with Crippen LogP contribution in [-0.4, -0.2) is 36.3 Å². The third kappa shape index (κ3) is 1.89. The van der Waals surface area contributed by atoms with Gasteiger partial charge in [-0.3, -0.25) is 0 Å². The van der Waals surface area contributed by atoms with Gasteiger partial charge >= 0.3 is 0 Å². The van der Waals surface area contributed by atoms with Crippen LogP contribution in [0.25, 0.3) is 0 Å². The maximum atomic E-state index is 5.10. The first kappa shape index (κ1) is 7.90. The Hall–Kier alpha value is 0.270. The van der Waals surface area contributed by atoms with Crippen LogP contribution >= 0.6 is 11.8 Å². The van der Waals surface area contributed by atoms with Crippen molar-refractivity contribution < 1.29 is 4.74 Å². The Kier molecular flexibility index (Phi) is 2.39. The first-order valence-corrected chi connectivity index (χ1v) is 5.35. The Balaban J connectivity index is 1.70. The van der Waals surface area contributed by atoms with Crippen molar-refractivity contribution >= 4 is 11.8 Å². The number of ether oxygens (including phenoxy) is 1. The summed E-state index contributed by atoms with van der Waals surface area (Å²) in [6, 6.07) is 1.41. The Morgan fingerprint density at radius 2 is 2.18 bits per heavy atom. The minimum absolute atomic E-state index is 0.658. The molecule has 1 N–H and O–H groups in total. The van der Waals surface area contributed by atoms with E-state index in [9.17, 15) is 0 Å². The van der Waals surface area contributed by atoms with Crippen LogP contribution in [0.4, 0.5) is 0 Å². The van der Waals surface area contributed by atoms with E-state index in [1.807, 2.05) is 0 Å². The lowest BCUT2D eigenvalue weighted by Gasteiger charge is -2.29. The molecule has 2 heterocycles. The molecule has 0 radical (unpaired) electrons. The molecule has 2 nitrogen and oxygen atoms in total. The molecule has 0 aromatic heterocycles. The molecule has 2 aliphatic rings. The van der Waals surface area contributed by atoms with Gasteiger partial charge in [0.25, 0.3) is 0 Å². The predicted molar refractivity (Wildman–Crippen MR) is 48.1 cm³/mol. The van der Waals surface area contributed by atoms with E-state index in [1.165, 1.54) is 12.2 Å². The van der Waals surface area contributed by atoms with Gasteiger partial charge in [-0.05, 0) is 6.42 Å². The van der Waals surface area contributed by atoms with E-state index in [-0.39, 0.29) is 0 Å². The van der Waals surface area contributed by atoms with Crippen LogP contribution in [0.1, 0.15) is 13.3 Å². The highest BCUT2D eigenvalue weighted by Crippen LogP contribution is 2.26. The molecular formula is C8H15NOS. The van der Waals surface area contributed by atoms with Gasteiger partial charge in [0.05, 0.1) is 19.3 Å². The number of thioether (sulfide) groups is 1. The van der Waals surface area contributed by atoms with Gasteiger partial charge < -0.3 is 10.1 Å². The average Bonchev–Trinajstić information content (AvgIpc) is 2.27. The van der Waals surface area contributed by atoms with Gasteiger partial charge in [0.1, 0.15) is 0 Å². The van der Waals surface area contributed by atoms with Gasteiger partial charge in [-0.15, -0.1) is 0 Å². The second-order valence-corrected chi connectivity index (χ2v) is 4.95. The quantitative estimate of drug-likeness (QED) is 0.669. The van der Waals surface area contributed by atoms with E-state index in [1.54, 1.807) is 0 Å². The van der Waals surface area contributed by atoms with Crippen molar-refractivity contribution in [1.82, 2.24) is 5.32 Å². The fraction of sp³-hybridized carbons (Fsp3) is 1.00. The Morgan fingerprint density at radius 3 is 2.64 bits per heavy atom. The van der Waals surface area contributed by atoms with Crippen LogP contribution in [0.3, 0.4) is 0 Å². The molecular weight excluding hydrogens is 158 g/mol. The van der Waals surface area contributed by atoms with Crippen LogP contribution < -0.4 is 5.32 Å². The molecule has 2 aliphatic heterocycles. The lowest BCUT2D eigenvalue weighted by molar-refractivity contribution is -0.00891. The second kappa shape index (κ2) is 3.33. The van der Waals surface area contributed by atoms with Crippen LogP contribution in [0.2, 0.25) is 0 Å². The molecule has 2 atom stereocenters. The maximum Gasteiger partial charge on any atom is 0.0643 e. The van der Waals surface area contributed by atoms with E-state index in [2.05, 4.69) is 24.0 Å². The maximum absolute atomic E-state index is 5.10. The monoisotopic (exact) mass is 173 g/mol. The van der Waals surface area contributed by atoms with Gasteiger partial charge in [0, 0.05) is 17.0 Å². The van der Waals surface area contributed by atoms with Crippen molar-refractivity contribution in [2.45, 2.75) is 30.7 Å². The molecule has 2 saturated heterocycles. The zero-order chi connectivity index (χ0) is 7.68. The predicted octanol–water partition coefficient (Wildman–Crippen LogP) is 0.869. The number of hydrogen-bond donors (Lipinski definition) is 1. The summed E-state index contributed by atoms with van der Waals surface area (Å²) >= 11 is 2.08. The summed E-state index contributed by atoms with van der Waals surface area (Å²) in [5.74, 6) is 1.29. The summed E-state index contributed by atoms with van der Waals surface area (Å²) < 4.78 is 5.10. The van der Waals surface area contributed by atoms with Crippen molar-refractivity contribution in [1.29, 1.82) is 0 Å². The lowest BCUT2D eigenvalue weighted by Crippen LogP contribution is -2.50. The summed E-state index contributed by atoms with van der Waals surface area (Å²) in [5, 5.41) is 4.45. The topological polar surface area (TPSA) is 21.3 Å². The van der Waals surface area contributed by atoms with Crippen LogP contribution in [0.15, 0.2) is 0 Å². The molecule has 0 bridgehead atoms. The van der Waals surface area contributed by atoms with E-state index in [0.29, 0.717) is 6.04 Å². The van der Waals surface area contributed by atoms with Gasteiger partial charge in [-0.2, -0.15) is 11.8 Å².